The van der Waals surface area contributed by atoms with Gasteiger partial charge in [0.2, 0.25) is 0 Å². The van der Waals surface area contributed by atoms with Crippen LogP contribution in [0.15, 0.2) is 71.2 Å². The Hall–Kier alpha value is -3.80. The van der Waals surface area contributed by atoms with Crippen LogP contribution >= 0.6 is 0 Å². The largest absolute Gasteiger partial charge is 0.494 e. The van der Waals surface area contributed by atoms with Crippen LogP contribution in [0.2, 0.25) is 0 Å². The van der Waals surface area contributed by atoms with Gasteiger partial charge in [-0.2, -0.15) is 0 Å². The molecular formula is C25H25N3O3. The molecule has 1 aliphatic rings. The van der Waals surface area contributed by atoms with Gasteiger partial charge in [-0.25, -0.2) is 4.99 Å². The van der Waals surface area contributed by atoms with Crippen molar-refractivity contribution in [2.24, 2.45) is 4.99 Å². The molecule has 0 fully saturated rings. The van der Waals surface area contributed by atoms with E-state index >= 15 is 0 Å². The molecule has 0 saturated heterocycles. The molecule has 1 aliphatic heterocycles. The number of aryl methyl sites for hydroxylation is 1. The molecule has 0 atom stereocenters. The number of rotatable bonds is 7. The van der Waals surface area contributed by atoms with Gasteiger partial charge in [-0.15, -0.1) is 0 Å². The van der Waals surface area contributed by atoms with E-state index < -0.39 is 0 Å². The van der Waals surface area contributed by atoms with Crippen LogP contribution in [-0.2, 0) is 27.3 Å². The van der Waals surface area contributed by atoms with E-state index in [1.807, 2.05) is 74.7 Å². The molecule has 0 saturated carbocycles. The molecule has 1 aromatic carbocycles. The number of hydrogen-bond acceptors (Lipinski definition) is 4. The van der Waals surface area contributed by atoms with E-state index in [9.17, 15) is 4.79 Å². The standard InChI is InChI=1S/C25H25N3O3/c1-16-19(12-25(29)31-15-18-8-5-4-6-9-18)17(2)27-21(16)13-23-24(30-3)14-22(28-23)20-10-7-11-26-20/h4-11,13-14,26-27H,12,15H2,1-3H3/b23-13-. The second-order valence-corrected chi connectivity index (χ2v) is 7.41. The highest BCUT2D eigenvalue weighted by Crippen LogP contribution is 2.27. The first-order chi connectivity index (χ1) is 15.0. The lowest BCUT2D eigenvalue weighted by Crippen LogP contribution is -2.09. The van der Waals surface area contributed by atoms with Crippen LogP contribution in [0.25, 0.3) is 6.08 Å². The SMILES string of the molecule is COC1=CC(c2ccc[nH]2)=N/C1=C\c1[nH]c(C)c(CC(=O)OCc2ccccc2)c1C. The van der Waals surface area contributed by atoms with Crippen molar-refractivity contribution in [2.45, 2.75) is 26.9 Å². The highest BCUT2D eigenvalue weighted by atomic mass is 16.5. The summed E-state index contributed by atoms with van der Waals surface area (Å²) in [7, 11) is 1.63. The van der Waals surface area contributed by atoms with Gasteiger partial charge in [0, 0.05) is 23.7 Å². The summed E-state index contributed by atoms with van der Waals surface area (Å²) in [6, 6.07) is 13.6. The maximum atomic E-state index is 12.4. The summed E-state index contributed by atoms with van der Waals surface area (Å²) in [4.78, 5) is 23.6. The molecule has 0 unspecified atom stereocenters. The minimum absolute atomic E-state index is 0.216. The Balaban J connectivity index is 1.51. The molecule has 2 N–H and O–H groups in total. The molecule has 3 aromatic rings. The van der Waals surface area contributed by atoms with Crippen LogP contribution < -0.4 is 0 Å². The van der Waals surface area contributed by atoms with Gasteiger partial charge in [0.25, 0.3) is 0 Å². The van der Waals surface area contributed by atoms with Crippen LogP contribution in [-0.4, -0.2) is 28.8 Å². The molecule has 0 radical (unpaired) electrons. The molecular weight excluding hydrogens is 390 g/mol. The van der Waals surface area contributed by atoms with Gasteiger partial charge in [0.15, 0.2) is 0 Å². The maximum Gasteiger partial charge on any atom is 0.310 e. The van der Waals surface area contributed by atoms with Crippen molar-refractivity contribution in [2.75, 3.05) is 7.11 Å². The fraction of sp³-hybridized carbons (Fsp3) is 0.200. The summed E-state index contributed by atoms with van der Waals surface area (Å²) in [6.07, 6.45) is 5.94. The minimum Gasteiger partial charge on any atom is -0.494 e. The Kier molecular flexibility index (Phi) is 5.89. The average molecular weight is 415 g/mol. The van der Waals surface area contributed by atoms with Crippen LogP contribution in [0.5, 0.6) is 0 Å². The molecule has 6 nitrogen and oxygen atoms in total. The maximum absolute atomic E-state index is 12.4. The summed E-state index contributed by atoms with van der Waals surface area (Å²) in [5, 5.41) is 0. The Morgan fingerprint density at radius 2 is 1.94 bits per heavy atom. The normalized spacial score (nSPS) is 14.5. The number of carbonyl (C=O) groups excluding carboxylic acids is 1. The number of nitrogens with one attached hydrogen (secondary N) is 2. The Morgan fingerprint density at radius 1 is 1.13 bits per heavy atom. The lowest BCUT2D eigenvalue weighted by atomic mass is 10.1. The Labute approximate surface area is 181 Å². The first-order valence-electron chi connectivity index (χ1n) is 10.1. The fourth-order valence-electron chi connectivity index (χ4n) is 3.60. The predicted octanol–water partition coefficient (Wildman–Crippen LogP) is 4.62. The molecule has 0 amide bonds. The Morgan fingerprint density at radius 3 is 2.65 bits per heavy atom. The number of H-pyrrole nitrogens is 2. The van der Waals surface area contributed by atoms with Crippen molar-refractivity contribution in [3.05, 3.63) is 100.0 Å². The molecule has 158 valence electrons. The lowest BCUT2D eigenvalue weighted by molar-refractivity contribution is -0.144. The van der Waals surface area contributed by atoms with Crippen molar-refractivity contribution < 1.29 is 14.3 Å². The topological polar surface area (TPSA) is 79.5 Å². The molecule has 31 heavy (non-hydrogen) atoms. The number of hydrogen-bond donors (Lipinski definition) is 2. The number of aromatic amines is 2. The highest BCUT2D eigenvalue weighted by molar-refractivity contribution is 6.11. The molecule has 2 aromatic heterocycles. The number of allylic oxidation sites excluding steroid dienone is 1. The quantitative estimate of drug-likeness (QED) is 0.553. The van der Waals surface area contributed by atoms with E-state index in [4.69, 9.17) is 14.5 Å². The third kappa shape index (κ3) is 4.53. The van der Waals surface area contributed by atoms with E-state index in [1.165, 1.54) is 0 Å². The third-order valence-corrected chi connectivity index (χ3v) is 5.33. The van der Waals surface area contributed by atoms with Gasteiger partial charge < -0.3 is 19.4 Å². The van der Waals surface area contributed by atoms with Gasteiger partial charge in [-0.05, 0) is 48.7 Å². The number of methoxy groups -OCH3 is 1. The zero-order valence-electron chi connectivity index (χ0n) is 17.9. The predicted molar refractivity (Wildman–Crippen MR) is 121 cm³/mol. The van der Waals surface area contributed by atoms with Gasteiger partial charge in [0.1, 0.15) is 18.1 Å². The summed E-state index contributed by atoms with van der Waals surface area (Å²) < 4.78 is 11.0. The van der Waals surface area contributed by atoms with Crippen molar-refractivity contribution in [1.82, 2.24) is 9.97 Å². The smallest absolute Gasteiger partial charge is 0.310 e. The van der Waals surface area contributed by atoms with E-state index in [2.05, 4.69) is 9.97 Å². The second kappa shape index (κ2) is 8.92. The van der Waals surface area contributed by atoms with Crippen molar-refractivity contribution >= 4 is 17.8 Å². The number of carbonyl (C=O) groups is 1. The fourth-order valence-corrected chi connectivity index (χ4v) is 3.60. The van der Waals surface area contributed by atoms with Crippen LogP contribution in [0.3, 0.4) is 0 Å². The molecule has 4 rings (SSSR count). The number of esters is 1. The highest BCUT2D eigenvalue weighted by Gasteiger charge is 2.20. The zero-order valence-corrected chi connectivity index (χ0v) is 17.9. The monoisotopic (exact) mass is 415 g/mol. The van der Waals surface area contributed by atoms with Gasteiger partial charge in [0.05, 0.1) is 24.9 Å². The molecule has 0 aliphatic carbocycles. The van der Waals surface area contributed by atoms with Crippen LogP contribution in [0, 0.1) is 13.8 Å². The van der Waals surface area contributed by atoms with E-state index in [-0.39, 0.29) is 19.0 Å². The summed E-state index contributed by atoms with van der Waals surface area (Å²) in [6.45, 7) is 4.23. The van der Waals surface area contributed by atoms with E-state index in [0.29, 0.717) is 5.76 Å². The summed E-state index contributed by atoms with van der Waals surface area (Å²) in [5.41, 5.74) is 7.24. The molecule has 0 spiro atoms. The first-order valence-corrected chi connectivity index (χ1v) is 10.1. The first kappa shape index (κ1) is 20.5. The number of aliphatic imine (C=N–C) groups is 1. The van der Waals surface area contributed by atoms with Crippen molar-refractivity contribution in [1.29, 1.82) is 0 Å². The summed E-state index contributed by atoms with van der Waals surface area (Å²) in [5.74, 6) is 0.443. The number of aromatic nitrogens is 2. The zero-order chi connectivity index (χ0) is 21.8. The lowest BCUT2D eigenvalue weighted by Gasteiger charge is -2.06. The third-order valence-electron chi connectivity index (χ3n) is 5.33. The summed E-state index contributed by atoms with van der Waals surface area (Å²) >= 11 is 0. The van der Waals surface area contributed by atoms with Crippen LogP contribution in [0.4, 0.5) is 0 Å². The van der Waals surface area contributed by atoms with Crippen LogP contribution in [0.1, 0.15) is 33.8 Å². The number of benzene rings is 1. The number of nitrogens with zero attached hydrogens (tertiary/aromatic N) is 1. The van der Waals surface area contributed by atoms with Gasteiger partial charge in [-0.1, -0.05) is 30.3 Å². The van der Waals surface area contributed by atoms with E-state index in [1.54, 1.807) is 7.11 Å². The molecule has 3 heterocycles. The van der Waals surface area contributed by atoms with Gasteiger partial charge in [-0.3, -0.25) is 4.79 Å². The van der Waals surface area contributed by atoms with Crippen molar-refractivity contribution in [3.8, 4) is 0 Å². The van der Waals surface area contributed by atoms with Gasteiger partial charge >= 0.3 is 5.97 Å². The van der Waals surface area contributed by atoms with E-state index in [0.717, 1.165) is 45.2 Å². The Bertz CT molecular complexity index is 1170. The van der Waals surface area contributed by atoms with Crippen molar-refractivity contribution in [3.63, 3.8) is 0 Å². The second-order valence-electron chi connectivity index (χ2n) is 7.41. The molecule has 0 bridgehead atoms. The average Bonchev–Trinajstić information content (AvgIpc) is 3.50. The number of ether oxygens (including phenoxy) is 2. The minimum atomic E-state index is -0.251. The molecule has 6 heteroatoms.